The van der Waals surface area contributed by atoms with Crippen LogP contribution in [0.25, 0.3) is 0 Å². The van der Waals surface area contributed by atoms with E-state index in [0.29, 0.717) is 11.3 Å². The molecule has 35 heavy (non-hydrogen) atoms. The van der Waals surface area contributed by atoms with Gasteiger partial charge in [-0.3, -0.25) is 19.7 Å². The van der Waals surface area contributed by atoms with Gasteiger partial charge in [-0.05, 0) is 47.9 Å². The fourth-order valence-corrected chi connectivity index (χ4v) is 3.71. The Morgan fingerprint density at radius 2 is 1.80 bits per heavy atom. The number of nitrogens with zero attached hydrogens (tertiary/aromatic N) is 3. The molecule has 8 nitrogen and oxygen atoms in total. The van der Waals surface area contributed by atoms with E-state index in [1.165, 1.54) is 40.3 Å². The first-order valence-corrected chi connectivity index (χ1v) is 11.3. The van der Waals surface area contributed by atoms with Crippen molar-refractivity contribution in [1.82, 2.24) is 9.80 Å². The van der Waals surface area contributed by atoms with Crippen LogP contribution in [0.2, 0.25) is 5.02 Å². The van der Waals surface area contributed by atoms with Gasteiger partial charge in [-0.15, -0.1) is 0 Å². The zero-order valence-electron chi connectivity index (χ0n) is 19.3. The Morgan fingerprint density at radius 1 is 1.09 bits per heavy atom. The van der Waals surface area contributed by atoms with Crippen molar-refractivity contribution in [3.8, 4) is 0 Å². The number of rotatable bonds is 10. The summed E-state index contributed by atoms with van der Waals surface area (Å²) in [5.41, 5.74) is 0.385. The van der Waals surface area contributed by atoms with Gasteiger partial charge in [-0.2, -0.15) is 0 Å². The lowest BCUT2D eigenvalue weighted by Crippen LogP contribution is -2.43. The van der Waals surface area contributed by atoms with Crippen molar-refractivity contribution in [3.63, 3.8) is 0 Å². The molecule has 0 atom stereocenters. The fraction of sp³-hybridized carbons (Fsp3) is 0.280. The molecule has 0 aliphatic carbocycles. The van der Waals surface area contributed by atoms with Crippen LogP contribution < -0.4 is 0 Å². The van der Waals surface area contributed by atoms with Gasteiger partial charge in [-0.25, -0.2) is 4.39 Å². The van der Waals surface area contributed by atoms with Crippen molar-refractivity contribution in [2.75, 3.05) is 13.1 Å². The Labute approximate surface area is 207 Å². The molecule has 1 heterocycles. The molecule has 3 aromatic rings. The topological polar surface area (TPSA) is 96.9 Å². The lowest BCUT2D eigenvalue weighted by Gasteiger charge is -2.28. The van der Waals surface area contributed by atoms with Crippen molar-refractivity contribution in [1.29, 1.82) is 0 Å². The van der Waals surface area contributed by atoms with Crippen LogP contribution in [-0.2, 0) is 17.9 Å². The van der Waals surface area contributed by atoms with E-state index in [1.807, 2.05) is 13.8 Å². The molecule has 0 radical (unpaired) electrons. The smallest absolute Gasteiger partial charge is 0.288 e. The lowest BCUT2D eigenvalue weighted by molar-refractivity contribution is -0.384. The minimum Gasteiger partial charge on any atom is -0.467 e. The number of halogens is 2. The molecule has 2 aromatic carbocycles. The number of hydrogen-bond donors (Lipinski definition) is 0. The lowest BCUT2D eigenvalue weighted by atomic mass is 10.1. The SMILES string of the molecule is CC(C)CN(CC(=O)N(Cc1ccc(F)cc1)Cc1ccco1)C(=O)c1ccc(Cl)c([N+](=O)[O-])c1. The molecule has 1 aromatic heterocycles. The molecular formula is C25H25ClFN3O5. The highest BCUT2D eigenvalue weighted by atomic mass is 35.5. The van der Waals surface area contributed by atoms with E-state index in [9.17, 15) is 24.1 Å². The minimum absolute atomic E-state index is 0.0321. The first-order chi connectivity index (χ1) is 16.6. The van der Waals surface area contributed by atoms with Crippen molar-refractivity contribution < 1.29 is 23.3 Å². The summed E-state index contributed by atoms with van der Waals surface area (Å²) in [5.74, 6) is -0.682. The van der Waals surface area contributed by atoms with Crippen LogP contribution in [0.4, 0.5) is 10.1 Å². The number of carbonyl (C=O) groups is 2. The number of hydrogen-bond acceptors (Lipinski definition) is 5. The maximum absolute atomic E-state index is 13.4. The van der Waals surface area contributed by atoms with Crippen molar-refractivity contribution in [2.45, 2.75) is 26.9 Å². The van der Waals surface area contributed by atoms with Crippen molar-refractivity contribution >= 4 is 29.1 Å². The summed E-state index contributed by atoms with van der Waals surface area (Å²) in [6.45, 7) is 4.12. The summed E-state index contributed by atoms with van der Waals surface area (Å²) in [7, 11) is 0. The molecule has 0 unspecified atom stereocenters. The second kappa shape index (κ2) is 11.6. The van der Waals surface area contributed by atoms with E-state index >= 15 is 0 Å². The van der Waals surface area contributed by atoms with Crippen LogP contribution >= 0.6 is 11.6 Å². The minimum atomic E-state index is -0.662. The highest BCUT2D eigenvalue weighted by Gasteiger charge is 2.26. The molecule has 0 aliphatic heterocycles. The molecule has 184 valence electrons. The quantitative estimate of drug-likeness (QED) is 0.277. The third-order valence-electron chi connectivity index (χ3n) is 5.15. The first kappa shape index (κ1) is 25.9. The van der Waals surface area contributed by atoms with Gasteiger partial charge in [0.1, 0.15) is 23.1 Å². The van der Waals surface area contributed by atoms with E-state index in [4.69, 9.17) is 16.0 Å². The molecule has 0 saturated carbocycles. The third kappa shape index (κ3) is 7.13. The van der Waals surface area contributed by atoms with Gasteiger partial charge in [0, 0.05) is 24.7 Å². The monoisotopic (exact) mass is 501 g/mol. The molecule has 10 heteroatoms. The molecular weight excluding hydrogens is 477 g/mol. The van der Waals surface area contributed by atoms with Gasteiger partial charge in [0.15, 0.2) is 0 Å². The van der Waals surface area contributed by atoms with Gasteiger partial charge in [-0.1, -0.05) is 37.6 Å². The summed E-state index contributed by atoms with van der Waals surface area (Å²) in [4.78, 5) is 40.1. The molecule has 3 rings (SSSR count). The predicted molar refractivity (Wildman–Crippen MR) is 128 cm³/mol. The van der Waals surface area contributed by atoms with Gasteiger partial charge in [0.25, 0.3) is 11.6 Å². The maximum Gasteiger partial charge on any atom is 0.288 e. The summed E-state index contributed by atoms with van der Waals surface area (Å²) >= 11 is 5.88. The highest BCUT2D eigenvalue weighted by molar-refractivity contribution is 6.32. The Hall–Kier alpha value is -3.72. The average Bonchev–Trinajstić information content (AvgIpc) is 3.32. The van der Waals surface area contributed by atoms with Gasteiger partial charge in [0.05, 0.1) is 17.7 Å². The third-order valence-corrected chi connectivity index (χ3v) is 5.47. The number of nitro groups is 1. The summed E-state index contributed by atoms with van der Waals surface area (Å²) < 4.78 is 18.7. The number of amides is 2. The molecule has 0 N–H and O–H groups in total. The fourth-order valence-electron chi connectivity index (χ4n) is 3.52. The Balaban J connectivity index is 1.85. The summed E-state index contributed by atoms with van der Waals surface area (Å²) in [5, 5.41) is 11.2. The average molecular weight is 502 g/mol. The molecule has 0 fully saturated rings. The second-order valence-corrected chi connectivity index (χ2v) is 8.87. The van der Waals surface area contributed by atoms with Gasteiger partial charge >= 0.3 is 0 Å². The number of nitro benzene ring substituents is 1. The van der Waals surface area contributed by atoms with Gasteiger partial charge < -0.3 is 14.2 Å². The maximum atomic E-state index is 13.4. The second-order valence-electron chi connectivity index (χ2n) is 8.46. The first-order valence-electron chi connectivity index (χ1n) is 10.9. The number of benzene rings is 2. The normalized spacial score (nSPS) is 10.9. The molecule has 2 amide bonds. The zero-order valence-corrected chi connectivity index (χ0v) is 20.1. The number of carbonyl (C=O) groups excluding carboxylic acids is 2. The van der Waals surface area contributed by atoms with Crippen LogP contribution in [-0.4, -0.2) is 39.6 Å². The van der Waals surface area contributed by atoms with Crippen LogP contribution in [0.1, 0.15) is 35.5 Å². The van der Waals surface area contributed by atoms with E-state index in [1.54, 1.807) is 24.3 Å². The van der Waals surface area contributed by atoms with Crippen LogP contribution in [0.3, 0.4) is 0 Å². The Morgan fingerprint density at radius 3 is 2.40 bits per heavy atom. The van der Waals surface area contributed by atoms with E-state index in [-0.39, 0.29) is 60.1 Å². The zero-order chi connectivity index (χ0) is 25.5. The van der Waals surface area contributed by atoms with Crippen LogP contribution in [0.5, 0.6) is 0 Å². The van der Waals surface area contributed by atoms with Crippen LogP contribution in [0, 0.1) is 21.8 Å². The Bertz CT molecular complexity index is 1180. The van der Waals surface area contributed by atoms with Crippen molar-refractivity contribution in [3.05, 3.63) is 98.7 Å². The standard InChI is InChI=1S/C25H25ClFN3O5/c1-17(2)13-29(25(32)19-7-10-22(26)23(12-19)30(33)34)16-24(31)28(15-21-4-3-11-35-21)14-18-5-8-20(27)9-6-18/h3-12,17H,13-16H2,1-2H3. The van der Waals surface area contributed by atoms with Crippen molar-refractivity contribution in [2.24, 2.45) is 5.92 Å². The molecule has 0 spiro atoms. The molecule has 0 aliphatic rings. The molecule has 0 bridgehead atoms. The van der Waals surface area contributed by atoms with Crippen LogP contribution in [0.15, 0.2) is 65.3 Å². The highest BCUT2D eigenvalue weighted by Crippen LogP contribution is 2.26. The molecule has 0 saturated heterocycles. The summed E-state index contributed by atoms with van der Waals surface area (Å²) in [6, 6.07) is 13.0. The van der Waals surface area contributed by atoms with Gasteiger partial charge in [0.2, 0.25) is 5.91 Å². The van der Waals surface area contributed by atoms with E-state index in [2.05, 4.69) is 0 Å². The summed E-state index contributed by atoms with van der Waals surface area (Å²) in [6.07, 6.45) is 1.50. The van der Waals surface area contributed by atoms with E-state index in [0.717, 1.165) is 6.07 Å². The predicted octanol–water partition coefficient (Wildman–Crippen LogP) is 5.31. The largest absolute Gasteiger partial charge is 0.467 e. The number of furan rings is 1. The van der Waals surface area contributed by atoms with E-state index < -0.39 is 10.8 Å². The Kier molecular flexibility index (Phi) is 8.59.